The predicted octanol–water partition coefficient (Wildman–Crippen LogP) is 3.56. The van der Waals surface area contributed by atoms with Gasteiger partial charge in [0, 0.05) is 13.1 Å². The van der Waals surface area contributed by atoms with Gasteiger partial charge in [-0.15, -0.1) is 11.3 Å². The Labute approximate surface area is 128 Å². The molecule has 0 atom stereocenters. The van der Waals surface area contributed by atoms with E-state index in [1.54, 1.807) is 11.0 Å². The van der Waals surface area contributed by atoms with Gasteiger partial charge in [0.25, 0.3) is 0 Å². The Kier molecular flexibility index (Phi) is 4.56. The number of carbonyl (C=O) groups is 2. The van der Waals surface area contributed by atoms with Crippen molar-refractivity contribution in [3.05, 3.63) is 21.9 Å². The fourth-order valence-electron chi connectivity index (χ4n) is 2.40. The summed E-state index contributed by atoms with van der Waals surface area (Å²) in [7, 11) is 0. The van der Waals surface area contributed by atoms with Crippen LogP contribution in [0.2, 0.25) is 0 Å². The van der Waals surface area contributed by atoms with E-state index in [2.05, 4.69) is 0 Å². The molecular weight excluding hydrogens is 290 g/mol. The number of rotatable bonds is 2. The summed E-state index contributed by atoms with van der Waals surface area (Å²) in [5, 5.41) is 10.9. The van der Waals surface area contributed by atoms with E-state index in [4.69, 9.17) is 9.84 Å². The maximum absolute atomic E-state index is 12.0. The van der Waals surface area contributed by atoms with Gasteiger partial charge in [-0.25, -0.2) is 9.59 Å². The number of thiophene rings is 1. The number of likely N-dealkylation sites (tertiary alicyclic amines) is 1. The molecule has 1 saturated heterocycles. The maximum atomic E-state index is 12.0. The van der Waals surface area contributed by atoms with Gasteiger partial charge in [0.05, 0.1) is 0 Å². The number of hydrogen-bond donors (Lipinski definition) is 1. The highest BCUT2D eigenvalue weighted by atomic mass is 32.1. The van der Waals surface area contributed by atoms with Gasteiger partial charge in [0.2, 0.25) is 0 Å². The minimum Gasteiger partial charge on any atom is -0.477 e. The highest BCUT2D eigenvalue weighted by Crippen LogP contribution is 2.31. The summed E-state index contributed by atoms with van der Waals surface area (Å²) in [6, 6.07) is 1.75. The van der Waals surface area contributed by atoms with Crippen LogP contribution in [0.1, 0.15) is 54.8 Å². The van der Waals surface area contributed by atoms with E-state index in [1.807, 2.05) is 26.2 Å². The summed E-state index contributed by atoms with van der Waals surface area (Å²) in [5.41, 5.74) is 0.596. The first-order valence-corrected chi connectivity index (χ1v) is 7.94. The second kappa shape index (κ2) is 6.05. The Morgan fingerprint density at radius 2 is 1.95 bits per heavy atom. The van der Waals surface area contributed by atoms with Crippen LogP contribution in [-0.2, 0) is 4.74 Å². The molecule has 1 amide bonds. The van der Waals surface area contributed by atoms with Crippen molar-refractivity contribution in [2.45, 2.75) is 45.1 Å². The molecule has 1 fully saturated rings. The smallest absolute Gasteiger partial charge is 0.410 e. The Morgan fingerprint density at radius 3 is 2.43 bits per heavy atom. The van der Waals surface area contributed by atoms with E-state index >= 15 is 0 Å². The SMILES string of the molecule is CC(C)(C)OC(=O)N1CCC(c2csc(C(=O)O)c2)CC1. The minimum atomic E-state index is -0.877. The lowest BCUT2D eigenvalue weighted by atomic mass is 9.91. The molecule has 0 spiro atoms. The van der Waals surface area contributed by atoms with Gasteiger partial charge in [0.15, 0.2) is 0 Å². The van der Waals surface area contributed by atoms with Crippen molar-refractivity contribution >= 4 is 23.4 Å². The lowest BCUT2D eigenvalue weighted by Gasteiger charge is -2.33. The van der Waals surface area contributed by atoms with Crippen LogP contribution in [0.3, 0.4) is 0 Å². The van der Waals surface area contributed by atoms with Crippen LogP contribution in [0.5, 0.6) is 0 Å². The van der Waals surface area contributed by atoms with E-state index in [0.717, 1.165) is 18.4 Å². The lowest BCUT2D eigenvalue weighted by molar-refractivity contribution is 0.0205. The fourth-order valence-corrected chi connectivity index (χ4v) is 3.23. The summed E-state index contributed by atoms with van der Waals surface area (Å²) < 4.78 is 5.37. The number of carbonyl (C=O) groups excluding carboxylic acids is 1. The van der Waals surface area contributed by atoms with Crippen LogP contribution in [0.4, 0.5) is 4.79 Å². The molecule has 0 saturated carbocycles. The van der Waals surface area contributed by atoms with Crippen LogP contribution in [0, 0.1) is 0 Å². The van der Waals surface area contributed by atoms with E-state index in [1.165, 1.54) is 11.3 Å². The largest absolute Gasteiger partial charge is 0.477 e. The van der Waals surface area contributed by atoms with Crippen molar-refractivity contribution in [3.8, 4) is 0 Å². The van der Waals surface area contributed by atoms with Gasteiger partial charge in [-0.3, -0.25) is 0 Å². The Bertz CT molecular complexity index is 524. The second-order valence-corrected chi connectivity index (χ2v) is 7.20. The molecule has 0 unspecified atom stereocenters. The molecule has 21 heavy (non-hydrogen) atoms. The summed E-state index contributed by atoms with van der Waals surface area (Å²) in [4.78, 5) is 25.0. The molecule has 6 heteroatoms. The van der Waals surface area contributed by atoms with Crippen LogP contribution in [0.25, 0.3) is 0 Å². The number of carboxylic acids is 1. The summed E-state index contributed by atoms with van der Waals surface area (Å²) >= 11 is 1.26. The number of carboxylic acid groups (broad SMARTS) is 1. The van der Waals surface area contributed by atoms with E-state index in [9.17, 15) is 9.59 Å². The van der Waals surface area contributed by atoms with Crippen LogP contribution < -0.4 is 0 Å². The lowest BCUT2D eigenvalue weighted by Crippen LogP contribution is -2.41. The molecule has 0 radical (unpaired) electrons. The molecule has 0 aromatic carbocycles. The molecule has 1 aromatic heterocycles. The molecular formula is C15H21NO4S. The zero-order valence-corrected chi connectivity index (χ0v) is 13.4. The summed E-state index contributed by atoms with van der Waals surface area (Å²) in [6.45, 7) is 6.87. The molecule has 1 aromatic rings. The average Bonchev–Trinajstić information content (AvgIpc) is 2.86. The van der Waals surface area contributed by atoms with E-state index in [-0.39, 0.29) is 6.09 Å². The third-order valence-corrected chi connectivity index (χ3v) is 4.39. The second-order valence-electron chi connectivity index (χ2n) is 6.29. The standard InChI is InChI=1S/C15H21NO4S/c1-15(2,3)20-14(19)16-6-4-10(5-7-16)11-8-12(13(17)18)21-9-11/h8-10H,4-7H2,1-3H3,(H,17,18). The van der Waals surface area contributed by atoms with Gasteiger partial charge >= 0.3 is 12.1 Å². The van der Waals surface area contributed by atoms with Gasteiger partial charge in [-0.2, -0.15) is 0 Å². The quantitative estimate of drug-likeness (QED) is 0.907. The topological polar surface area (TPSA) is 66.8 Å². The Hall–Kier alpha value is -1.56. The third-order valence-electron chi connectivity index (χ3n) is 3.45. The minimum absolute atomic E-state index is 0.266. The monoisotopic (exact) mass is 311 g/mol. The maximum Gasteiger partial charge on any atom is 0.410 e. The molecule has 0 bridgehead atoms. The first-order chi connectivity index (χ1) is 9.76. The number of hydrogen-bond acceptors (Lipinski definition) is 4. The molecule has 5 nitrogen and oxygen atoms in total. The van der Waals surface area contributed by atoms with Crippen LogP contribution >= 0.6 is 11.3 Å². The van der Waals surface area contributed by atoms with E-state index in [0.29, 0.717) is 23.9 Å². The zero-order valence-electron chi connectivity index (χ0n) is 12.6. The van der Waals surface area contributed by atoms with Gasteiger partial charge in [0.1, 0.15) is 10.5 Å². The van der Waals surface area contributed by atoms with Crippen molar-refractivity contribution < 1.29 is 19.4 Å². The van der Waals surface area contributed by atoms with Crippen molar-refractivity contribution in [1.29, 1.82) is 0 Å². The molecule has 2 heterocycles. The normalized spacial score (nSPS) is 16.8. The van der Waals surface area contributed by atoms with E-state index < -0.39 is 11.6 Å². The van der Waals surface area contributed by atoms with Crippen LogP contribution in [0.15, 0.2) is 11.4 Å². The van der Waals surface area contributed by atoms with Crippen molar-refractivity contribution in [3.63, 3.8) is 0 Å². The molecule has 1 N–H and O–H groups in total. The molecule has 116 valence electrons. The van der Waals surface area contributed by atoms with Crippen LogP contribution in [-0.4, -0.2) is 40.8 Å². The molecule has 1 aliphatic rings. The van der Waals surface area contributed by atoms with Gasteiger partial charge < -0.3 is 14.7 Å². The fraction of sp³-hybridized carbons (Fsp3) is 0.600. The van der Waals surface area contributed by atoms with Crippen molar-refractivity contribution in [2.24, 2.45) is 0 Å². The Morgan fingerprint density at radius 1 is 1.33 bits per heavy atom. The number of aromatic carboxylic acids is 1. The highest BCUT2D eigenvalue weighted by Gasteiger charge is 2.28. The average molecular weight is 311 g/mol. The zero-order chi connectivity index (χ0) is 15.6. The third kappa shape index (κ3) is 4.20. The first-order valence-electron chi connectivity index (χ1n) is 7.06. The first kappa shape index (κ1) is 15.8. The summed E-state index contributed by atoms with van der Waals surface area (Å²) in [6.07, 6.45) is 1.42. The molecule has 2 rings (SSSR count). The molecule has 0 aliphatic carbocycles. The number of amides is 1. The Balaban J connectivity index is 1.90. The highest BCUT2D eigenvalue weighted by molar-refractivity contribution is 7.12. The predicted molar refractivity (Wildman–Crippen MR) is 81.1 cm³/mol. The van der Waals surface area contributed by atoms with Crippen molar-refractivity contribution in [2.75, 3.05) is 13.1 Å². The van der Waals surface area contributed by atoms with Gasteiger partial charge in [-0.1, -0.05) is 0 Å². The molecule has 1 aliphatic heterocycles. The van der Waals surface area contributed by atoms with Gasteiger partial charge in [-0.05, 0) is 56.5 Å². The van der Waals surface area contributed by atoms with Crippen molar-refractivity contribution in [1.82, 2.24) is 4.90 Å². The summed E-state index contributed by atoms with van der Waals surface area (Å²) in [5.74, 6) is -0.550. The number of nitrogens with zero attached hydrogens (tertiary/aromatic N) is 1. The number of ether oxygens (including phenoxy) is 1. The number of piperidine rings is 1.